The third-order valence-electron chi connectivity index (χ3n) is 5.27. The molecule has 2 aromatic carbocycles. The molecule has 35 heavy (non-hydrogen) atoms. The summed E-state index contributed by atoms with van der Waals surface area (Å²) in [5, 5.41) is 20.8. The van der Waals surface area contributed by atoms with Crippen LogP contribution in [-0.2, 0) is 4.79 Å². The number of nitriles is 1. The van der Waals surface area contributed by atoms with Gasteiger partial charge in [-0.1, -0.05) is 49.4 Å². The number of benzene rings is 2. The molecule has 0 radical (unpaired) electrons. The van der Waals surface area contributed by atoms with Gasteiger partial charge in [-0.05, 0) is 54.7 Å². The van der Waals surface area contributed by atoms with E-state index in [-0.39, 0.29) is 5.57 Å². The first kappa shape index (κ1) is 25.7. The van der Waals surface area contributed by atoms with Gasteiger partial charge in [0.2, 0.25) is 5.13 Å². The minimum Gasteiger partial charge on any atom is -0.493 e. The van der Waals surface area contributed by atoms with Crippen molar-refractivity contribution in [1.29, 1.82) is 5.26 Å². The first-order chi connectivity index (χ1) is 16.9. The highest BCUT2D eigenvalue weighted by Gasteiger charge is 2.14. The predicted molar refractivity (Wildman–Crippen MR) is 136 cm³/mol. The van der Waals surface area contributed by atoms with Crippen molar-refractivity contribution in [2.45, 2.75) is 33.1 Å². The number of nitrogens with one attached hydrogen (secondary N) is 1. The highest BCUT2D eigenvalue weighted by molar-refractivity contribution is 7.15. The van der Waals surface area contributed by atoms with E-state index in [0.29, 0.717) is 46.3 Å². The summed E-state index contributed by atoms with van der Waals surface area (Å²) in [6.45, 7) is 6.82. The van der Waals surface area contributed by atoms with Gasteiger partial charge < -0.3 is 14.2 Å². The Balaban J connectivity index is 1.63. The molecule has 0 fully saturated rings. The zero-order valence-electron chi connectivity index (χ0n) is 20.2. The summed E-state index contributed by atoms with van der Waals surface area (Å²) < 4.78 is 17.3. The molecule has 0 aliphatic carbocycles. The maximum atomic E-state index is 12.4. The number of hydrogen-bond acceptors (Lipinski definition) is 8. The maximum Gasteiger partial charge on any atom is 0.268 e. The van der Waals surface area contributed by atoms with Gasteiger partial charge in [0.05, 0.1) is 7.11 Å². The number of amides is 1. The summed E-state index contributed by atoms with van der Waals surface area (Å²) in [5.41, 5.74) is 1.73. The van der Waals surface area contributed by atoms with Crippen molar-refractivity contribution in [2.24, 2.45) is 0 Å². The smallest absolute Gasteiger partial charge is 0.268 e. The third-order valence-corrected chi connectivity index (χ3v) is 6.03. The maximum absolute atomic E-state index is 12.4. The molecule has 0 spiro atoms. The average Bonchev–Trinajstić information content (AvgIpc) is 3.29. The average molecular weight is 493 g/mol. The number of rotatable bonds is 11. The number of anilines is 1. The molecule has 0 saturated heterocycles. The Kier molecular flexibility index (Phi) is 9.21. The Labute approximate surface area is 209 Å². The summed E-state index contributed by atoms with van der Waals surface area (Å²) in [6, 6.07) is 15.1. The van der Waals surface area contributed by atoms with E-state index in [4.69, 9.17) is 14.2 Å². The van der Waals surface area contributed by atoms with E-state index in [1.807, 2.05) is 24.3 Å². The predicted octanol–water partition coefficient (Wildman–Crippen LogP) is 5.37. The fourth-order valence-corrected chi connectivity index (χ4v) is 3.85. The zero-order valence-corrected chi connectivity index (χ0v) is 21.0. The SMILES string of the molecule is CCC(C)c1ccccc1OCCOc1ccc(/C=C(/C#N)C(=O)Nc2nnc(C)s2)cc1OC. The van der Waals surface area contributed by atoms with Gasteiger partial charge in [-0.3, -0.25) is 10.1 Å². The number of methoxy groups -OCH3 is 1. The summed E-state index contributed by atoms with van der Waals surface area (Å²) >= 11 is 1.23. The Morgan fingerprint density at radius 1 is 1.14 bits per heavy atom. The van der Waals surface area contributed by atoms with Crippen LogP contribution in [0.1, 0.15) is 42.3 Å². The number of nitrogens with zero attached hydrogens (tertiary/aromatic N) is 3. The van der Waals surface area contributed by atoms with Crippen LogP contribution in [0.4, 0.5) is 5.13 Å². The topological polar surface area (TPSA) is 106 Å². The van der Waals surface area contributed by atoms with Gasteiger partial charge in [0.25, 0.3) is 5.91 Å². The van der Waals surface area contributed by atoms with E-state index >= 15 is 0 Å². The standard InChI is InChI=1S/C26H28N4O4S/c1-5-17(2)21-8-6-7-9-22(21)33-12-13-34-23-11-10-19(15-24(23)32-4)14-20(16-27)25(31)28-26-30-29-18(3)35-26/h6-11,14-15,17H,5,12-13H2,1-4H3,(H,28,30,31)/b20-14-. The molecule has 3 rings (SSSR count). The molecule has 1 atom stereocenters. The molecule has 1 aromatic heterocycles. The van der Waals surface area contributed by atoms with Crippen molar-refractivity contribution in [3.05, 3.63) is 64.2 Å². The first-order valence-electron chi connectivity index (χ1n) is 11.2. The molecular weight excluding hydrogens is 464 g/mol. The van der Waals surface area contributed by atoms with Crippen molar-refractivity contribution >= 4 is 28.5 Å². The summed E-state index contributed by atoms with van der Waals surface area (Å²) in [7, 11) is 1.53. The summed E-state index contributed by atoms with van der Waals surface area (Å²) in [4.78, 5) is 12.4. The lowest BCUT2D eigenvalue weighted by Crippen LogP contribution is -2.13. The van der Waals surface area contributed by atoms with Gasteiger partial charge in [-0.25, -0.2) is 0 Å². The molecular formula is C26H28N4O4S. The van der Waals surface area contributed by atoms with Gasteiger partial charge in [0.1, 0.15) is 35.6 Å². The highest BCUT2D eigenvalue weighted by atomic mass is 32.1. The number of para-hydroxylation sites is 1. The van der Waals surface area contributed by atoms with Crippen LogP contribution in [0.25, 0.3) is 6.08 Å². The molecule has 9 heteroatoms. The van der Waals surface area contributed by atoms with Crippen LogP contribution in [0.2, 0.25) is 0 Å². The number of aryl methyl sites for hydroxylation is 1. The van der Waals surface area contributed by atoms with Crippen molar-refractivity contribution in [2.75, 3.05) is 25.6 Å². The molecule has 182 valence electrons. The quantitative estimate of drug-likeness (QED) is 0.218. The Morgan fingerprint density at radius 2 is 1.89 bits per heavy atom. The number of carbonyl (C=O) groups excluding carboxylic acids is 1. The van der Waals surface area contributed by atoms with Crippen LogP contribution in [0, 0.1) is 18.3 Å². The van der Waals surface area contributed by atoms with Crippen LogP contribution >= 0.6 is 11.3 Å². The minimum atomic E-state index is -0.558. The fraction of sp³-hybridized carbons (Fsp3) is 0.308. The van der Waals surface area contributed by atoms with E-state index in [1.165, 1.54) is 30.1 Å². The number of carbonyl (C=O) groups is 1. The van der Waals surface area contributed by atoms with Gasteiger partial charge in [0.15, 0.2) is 11.5 Å². The summed E-state index contributed by atoms with van der Waals surface area (Å²) in [6.07, 6.45) is 2.51. The van der Waals surface area contributed by atoms with E-state index in [0.717, 1.165) is 12.2 Å². The summed E-state index contributed by atoms with van der Waals surface area (Å²) in [5.74, 6) is 1.74. The minimum absolute atomic E-state index is 0.0676. The number of hydrogen-bond donors (Lipinski definition) is 1. The zero-order chi connectivity index (χ0) is 25.2. The van der Waals surface area contributed by atoms with E-state index < -0.39 is 5.91 Å². The second-order valence-corrected chi connectivity index (χ2v) is 8.89. The van der Waals surface area contributed by atoms with Crippen LogP contribution in [0.3, 0.4) is 0 Å². The highest BCUT2D eigenvalue weighted by Crippen LogP contribution is 2.30. The van der Waals surface area contributed by atoms with Gasteiger partial charge >= 0.3 is 0 Å². The van der Waals surface area contributed by atoms with E-state index in [9.17, 15) is 10.1 Å². The lowest BCUT2D eigenvalue weighted by atomic mass is 9.98. The normalized spacial score (nSPS) is 11.9. The molecule has 0 saturated carbocycles. The van der Waals surface area contributed by atoms with E-state index in [2.05, 4.69) is 35.4 Å². The molecule has 1 unspecified atom stereocenters. The number of ether oxygens (including phenoxy) is 3. The Bertz CT molecular complexity index is 1230. The molecule has 1 amide bonds. The molecule has 8 nitrogen and oxygen atoms in total. The third kappa shape index (κ3) is 7.04. The Hall–Kier alpha value is -3.90. The van der Waals surface area contributed by atoms with Crippen molar-refractivity contribution in [3.8, 4) is 23.3 Å². The van der Waals surface area contributed by atoms with Crippen molar-refractivity contribution < 1.29 is 19.0 Å². The van der Waals surface area contributed by atoms with Gasteiger partial charge in [-0.15, -0.1) is 10.2 Å². The van der Waals surface area contributed by atoms with E-state index in [1.54, 1.807) is 25.1 Å². The molecule has 1 N–H and O–H groups in total. The van der Waals surface area contributed by atoms with Crippen LogP contribution < -0.4 is 19.5 Å². The molecule has 0 bridgehead atoms. The molecule has 1 heterocycles. The van der Waals surface area contributed by atoms with Gasteiger partial charge in [0, 0.05) is 0 Å². The second-order valence-electron chi connectivity index (χ2n) is 7.70. The lowest BCUT2D eigenvalue weighted by molar-refractivity contribution is -0.112. The lowest BCUT2D eigenvalue weighted by Gasteiger charge is -2.16. The molecule has 0 aliphatic rings. The first-order valence-corrected chi connectivity index (χ1v) is 12.0. The monoisotopic (exact) mass is 492 g/mol. The number of aromatic nitrogens is 2. The van der Waals surface area contributed by atoms with Crippen LogP contribution in [-0.4, -0.2) is 36.4 Å². The van der Waals surface area contributed by atoms with Gasteiger partial charge in [-0.2, -0.15) is 5.26 Å². The van der Waals surface area contributed by atoms with Crippen molar-refractivity contribution in [1.82, 2.24) is 10.2 Å². The fourth-order valence-electron chi connectivity index (χ4n) is 3.26. The molecule has 3 aromatic rings. The molecule has 0 aliphatic heterocycles. The van der Waals surface area contributed by atoms with Crippen LogP contribution in [0.5, 0.6) is 17.2 Å². The second kappa shape index (κ2) is 12.5. The van der Waals surface area contributed by atoms with Crippen LogP contribution in [0.15, 0.2) is 48.0 Å². The largest absolute Gasteiger partial charge is 0.493 e. The van der Waals surface area contributed by atoms with Crippen molar-refractivity contribution in [3.63, 3.8) is 0 Å². The Morgan fingerprint density at radius 3 is 2.54 bits per heavy atom.